The summed E-state index contributed by atoms with van der Waals surface area (Å²) in [4.78, 5) is 15.3. The van der Waals surface area contributed by atoms with Gasteiger partial charge in [0.1, 0.15) is 23.0 Å². The number of halogens is 7. The summed E-state index contributed by atoms with van der Waals surface area (Å²) in [7, 11) is 0. The van der Waals surface area contributed by atoms with Crippen LogP contribution in [-0.4, -0.2) is 45.1 Å². The van der Waals surface area contributed by atoms with Crippen LogP contribution in [0.15, 0.2) is 28.4 Å². The largest absolute Gasteiger partial charge is 0.408 e. The van der Waals surface area contributed by atoms with Gasteiger partial charge in [0.05, 0.1) is 0 Å². The maximum Gasteiger partial charge on any atom is 0.408 e. The molecule has 0 aliphatic carbocycles. The Hall–Kier alpha value is -2.37. The fourth-order valence-corrected chi connectivity index (χ4v) is 2.02. The van der Waals surface area contributed by atoms with E-state index in [-0.39, 0.29) is 16.7 Å². The van der Waals surface area contributed by atoms with Gasteiger partial charge in [-0.2, -0.15) is 41.3 Å². The first-order chi connectivity index (χ1) is 12.9. The highest BCUT2D eigenvalue weighted by molar-refractivity contribution is 6.30. The van der Waals surface area contributed by atoms with Crippen LogP contribution in [0.2, 0.25) is 0 Å². The number of hydrogen-bond acceptors (Lipinski definition) is 6. The standard InChI is InChI=1S/C15H15ClF6N6/c1-7(14(17,18)19)23-12-26-11(9-5-3-4-6-10(16)25-9)27-13(28-12)24-8(2)15(20,21)22/h3,5-8H,4H2,1-2H3,(H2,23,24,26,27,28)/t7-,8-/m1/s1. The van der Waals surface area contributed by atoms with Crippen LogP contribution in [0.5, 0.6) is 0 Å². The fourth-order valence-electron chi connectivity index (χ4n) is 1.84. The molecule has 0 amide bonds. The van der Waals surface area contributed by atoms with Crippen LogP contribution in [0.3, 0.4) is 0 Å². The highest BCUT2D eigenvalue weighted by atomic mass is 35.5. The Kier molecular flexibility index (Phi) is 6.52. The van der Waals surface area contributed by atoms with E-state index in [1.807, 2.05) is 10.6 Å². The minimum Gasteiger partial charge on any atom is -0.343 e. The predicted molar refractivity (Wildman–Crippen MR) is 92.3 cm³/mol. The molecule has 6 nitrogen and oxygen atoms in total. The number of rotatable bonds is 5. The number of alkyl halides is 6. The maximum absolute atomic E-state index is 12.8. The first-order valence-corrected chi connectivity index (χ1v) is 8.28. The summed E-state index contributed by atoms with van der Waals surface area (Å²) in [5, 5.41) is 4.09. The third-order valence-corrected chi connectivity index (χ3v) is 3.70. The summed E-state index contributed by atoms with van der Waals surface area (Å²) in [5.41, 5.74) is 0.0616. The van der Waals surface area contributed by atoms with Gasteiger partial charge >= 0.3 is 12.4 Å². The summed E-state index contributed by atoms with van der Waals surface area (Å²) in [6, 6.07) is -4.10. The molecule has 28 heavy (non-hydrogen) atoms. The van der Waals surface area contributed by atoms with Crippen molar-refractivity contribution in [3.8, 4) is 0 Å². The Morgan fingerprint density at radius 2 is 1.43 bits per heavy atom. The Morgan fingerprint density at radius 3 is 1.89 bits per heavy atom. The van der Waals surface area contributed by atoms with Gasteiger partial charge in [-0.3, -0.25) is 0 Å². The molecule has 13 heteroatoms. The second-order valence-corrected chi connectivity index (χ2v) is 6.17. The van der Waals surface area contributed by atoms with Crippen LogP contribution >= 0.6 is 11.6 Å². The molecule has 1 aliphatic heterocycles. The van der Waals surface area contributed by atoms with Gasteiger partial charge in [0.2, 0.25) is 11.9 Å². The normalized spacial score (nSPS) is 17.3. The van der Waals surface area contributed by atoms with Gasteiger partial charge in [-0.25, -0.2) is 4.99 Å². The highest BCUT2D eigenvalue weighted by Gasteiger charge is 2.38. The number of anilines is 2. The molecule has 0 unspecified atom stereocenters. The lowest BCUT2D eigenvalue weighted by atomic mass is 10.3. The van der Waals surface area contributed by atoms with Gasteiger partial charge in [0.25, 0.3) is 0 Å². The zero-order valence-corrected chi connectivity index (χ0v) is 15.3. The van der Waals surface area contributed by atoms with Crippen molar-refractivity contribution in [2.45, 2.75) is 44.7 Å². The number of aliphatic imine (C=N–C) groups is 1. The van der Waals surface area contributed by atoms with E-state index in [4.69, 9.17) is 11.6 Å². The van der Waals surface area contributed by atoms with E-state index in [2.05, 4.69) is 19.9 Å². The van der Waals surface area contributed by atoms with Gasteiger partial charge in [-0.15, -0.1) is 0 Å². The molecular weight excluding hydrogens is 414 g/mol. The minimum absolute atomic E-state index is 0.0616. The van der Waals surface area contributed by atoms with Gasteiger partial charge in [-0.1, -0.05) is 17.7 Å². The van der Waals surface area contributed by atoms with Gasteiger partial charge in [-0.05, 0) is 32.4 Å². The van der Waals surface area contributed by atoms with E-state index in [1.54, 1.807) is 12.2 Å². The molecule has 0 fully saturated rings. The lowest BCUT2D eigenvalue weighted by molar-refractivity contribution is -0.139. The second-order valence-electron chi connectivity index (χ2n) is 5.78. The zero-order chi connectivity index (χ0) is 21.1. The topological polar surface area (TPSA) is 75.1 Å². The molecule has 0 saturated carbocycles. The third kappa shape index (κ3) is 6.08. The van der Waals surface area contributed by atoms with Crippen molar-refractivity contribution in [1.82, 2.24) is 15.0 Å². The van der Waals surface area contributed by atoms with Crippen LogP contribution in [-0.2, 0) is 0 Å². The van der Waals surface area contributed by atoms with E-state index < -0.39 is 36.3 Å². The number of aromatic nitrogens is 3. The molecule has 0 radical (unpaired) electrons. The van der Waals surface area contributed by atoms with Crippen LogP contribution in [0.4, 0.5) is 38.2 Å². The number of nitrogens with zero attached hydrogens (tertiary/aromatic N) is 4. The molecule has 0 saturated heterocycles. The number of hydrogen-bond donors (Lipinski definition) is 2. The highest BCUT2D eigenvalue weighted by Crippen LogP contribution is 2.25. The summed E-state index contributed by atoms with van der Waals surface area (Å²) in [6.45, 7) is 1.63. The molecule has 0 bridgehead atoms. The first-order valence-electron chi connectivity index (χ1n) is 7.90. The average molecular weight is 429 g/mol. The van der Waals surface area contributed by atoms with Crippen molar-refractivity contribution in [3.63, 3.8) is 0 Å². The molecular formula is C15H15ClF6N6. The van der Waals surface area contributed by atoms with Gasteiger partial charge < -0.3 is 10.6 Å². The smallest absolute Gasteiger partial charge is 0.343 e. The van der Waals surface area contributed by atoms with Crippen LogP contribution in [0.25, 0.3) is 0 Å². The van der Waals surface area contributed by atoms with E-state index in [0.29, 0.717) is 6.42 Å². The van der Waals surface area contributed by atoms with Crippen molar-refractivity contribution in [3.05, 3.63) is 29.2 Å². The molecule has 0 spiro atoms. The Bertz CT molecular complexity index is 761. The van der Waals surface area contributed by atoms with Crippen LogP contribution in [0, 0.1) is 0 Å². The number of allylic oxidation sites excluding steroid dienone is 3. The zero-order valence-electron chi connectivity index (χ0n) is 14.5. The minimum atomic E-state index is -4.62. The molecule has 2 heterocycles. The molecule has 2 atom stereocenters. The van der Waals surface area contributed by atoms with Crippen molar-refractivity contribution in [2.75, 3.05) is 10.6 Å². The van der Waals surface area contributed by atoms with Crippen molar-refractivity contribution in [1.29, 1.82) is 0 Å². The molecule has 0 aromatic carbocycles. The maximum atomic E-state index is 12.8. The molecule has 2 N–H and O–H groups in total. The Balaban J connectivity index is 2.45. The van der Waals surface area contributed by atoms with Crippen molar-refractivity contribution in [2.24, 2.45) is 4.99 Å². The average Bonchev–Trinajstić information content (AvgIpc) is 2.77. The predicted octanol–water partition coefficient (Wildman–Crippen LogP) is 4.43. The number of nitrogens with one attached hydrogen (secondary N) is 2. The van der Waals surface area contributed by atoms with Crippen LogP contribution in [0.1, 0.15) is 26.1 Å². The van der Waals surface area contributed by atoms with E-state index in [9.17, 15) is 26.3 Å². The lowest BCUT2D eigenvalue weighted by Gasteiger charge is -2.20. The molecule has 1 aromatic heterocycles. The van der Waals surface area contributed by atoms with Crippen molar-refractivity contribution < 1.29 is 26.3 Å². The summed E-state index contributed by atoms with van der Waals surface area (Å²) >= 11 is 5.87. The lowest BCUT2D eigenvalue weighted by Crippen LogP contribution is -2.35. The first kappa shape index (κ1) is 21.9. The Labute approximate surface area is 160 Å². The monoisotopic (exact) mass is 428 g/mol. The van der Waals surface area contributed by atoms with E-state index in [0.717, 1.165) is 13.8 Å². The molecule has 154 valence electrons. The van der Waals surface area contributed by atoms with Crippen molar-refractivity contribution >= 4 is 29.2 Å². The van der Waals surface area contributed by atoms with Crippen LogP contribution < -0.4 is 10.6 Å². The SMILES string of the molecule is C[C@@H](Nc1nc(N[C@H](C)C(F)(F)F)nc(C2=NC(Cl)=CCC=C2)n1)C(F)(F)F. The van der Waals surface area contributed by atoms with E-state index >= 15 is 0 Å². The second kappa shape index (κ2) is 8.33. The molecule has 1 aromatic rings. The third-order valence-electron chi connectivity index (χ3n) is 3.46. The molecule has 2 rings (SSSR count). The summed E-state index contributed by atoms with van der Waals surface area (Å²) < 4.78 is 76.8. The fraction of sp³-hybridized carbons (Fsp3) is 0.467. The summed E-state index contributed by atoms with van der Waals surface area (Å²) in [5.74, 6) is -1.37. The van der Waals surface area contributed by atoms with Gasteiger partial charge in [0, 0.05) is 0 Å². The quantitative estimate of drug-likeness (QED) is 0.536. The van der Waals surface area contributed by atoms with Gasteiger partial charge in [0.15, 0.2) is 5.82 Å². The molecule has 1 aliphatic rings. The van der Waals surface area contributed by atoms with E-state index in [1.165, 1.54) is 6.08 Å². The summed E-state index contributed by atoms with van der Waals surface area (Å²) in [6.07, 6.45) is -4.16. The Morgan fingerprint density at radius 1 is 0.929 bits per heavy atom.